The standard InChI is InChI=1S/C26H34ClN3O2/c1-25-11-7-20-18(3-6-22-26(20,2)12-8-23(31)30-22)19(25)4-5-21(25)24(32)29-14-10-17-15-16(27)9-13-28-17/h9,13-15,18-22H,3-8,10-12H2,1-2H3,(H,30,31)/t18-,19-,20+,21?,22?,25-,26+/m0/s1. The number of amides is 2. The van der Waals surface area contributed by atoms with E-state index in [9.17, 15) is 9.59 Å². The van der Waals surface area contributed by atoms with Gasteiger partial charge in [-0.25, -0.2) is 4.99 Å². The summed E-state index contributed by atoms with van der Waals surface area (Å²) in [6, 6.07) is 3.90. The zero-order valence-corrected chi connectivity index (χ0v) is 19.9. The second kappa shape index (κ2) is 8.23. The van der Waals surface area contributed by atoms with E-state index in [4.69, 9.17) is 11.6 Å². The molecule has 1 aromatic heterocycles. The van der Waals surface area contributed by atoms with Crippen LogP contribution in [0.4, 0.5) is 0 Å². The number of hydrogen-bond donors (Lipinski definition) is 1. The Labute approximate surface area is 195 Å². The fourth-order valence-corrected chi connectivity index (χ4v) is 8.17. The number of carbonyl (C=O) groups is 2. The number of hydrogen-bond acceptors (Lipinski definition) is 3. The van der Waals surface area contributed by atoms with Crippen molar-refractivity contribution in [2.24, 2.45) is 39.5 Å². The number of pyridine rings is 1. The van der Waals surface area contributed by atoms with E-state index in [-0.39, 0.29) is 28.6 Å². The van der Waals surface area contributed by atoms with Gasteiger partial charge in [-0.15, -0.1) is 0 Å². The topological polar surface area (TPSA) is 71.4 Å². The van der Waals surface area contributed by atoms with Gasteiger partial charge in [-0.2, -0.15) is 0 Å². The Kier molecular flexibility index (Phi) is 5.68. The molecular weight excluding hydrogens is 422 g/mol. The summed E-state index contributed by atoms with van der Waals surface area (Å²) in [5.74, 6) is 2.21. The number of aromatic nitrogens is 1. The van der Waals surface area contributed by atoms with E-state index >= 15 is 0 Å². The highest BCUT2D eigenvalue weighted by molar-refractivity contribution is 6.30. The van der Waals surface area contributed by atoms with Crippen molar-refractivity contribution in [3.05, 3.63) is 29.0 Å². The van der Waals surface area contributed by atoms with Crippen LogP contribution in [0.1, 0.15) is 70.9 Å². The van der Waals surface area contributed by atoms with Gasteiger partial charge >= 0.3 is 0 Å². The second-order valence-electron chi connectivity index (χ2n) is 11.1. The van der Waals surface area contributed by atoms with Crippen LogP contribution in [-0.4, -0.2) is 29.1 Å². The van der Waals surface area contributed by atoms with Crippen molar-refractivity contribution in [1.82, 2.24) is 10.3 Å². The first-order valence-electron chi connectivity index (χ1n) is 12.3. The summed E-state index contributed by atoms with van der Waals surface area (Å²) < 4.78 is 0. The van der Waals surface area contributed by atoms with Gasteiger partial charge in [0.1, 0.15) is 0 Å². The second-order valence-corrected chi connectivity index (χ2v) is 11.5. The number of rotatable bonds is 3. The number of nitrogens with one attached hydrogen (secondary N) is 1. The number of aliphatic imine (C=N–C) groups is 1. The first kappa shape index (κ1) is 22.1. The van der Waals surface area contributed by atoms with Gasteiger partial charge in [-0.3, -0.25) is 14.6 Å². The van der Waals surface area contributed by atoms with Crippen LogP contribution in [0, 0.1) is 34.5 Å². The lowest BCUT2D eigenvalue weighted by atomic mass is 9.47. The Hall–Kier alpha value is -1.75. The van der Waals surface area contributed by atoms with Gasteiger partial charge in [0.25, 0.3) is 0 Å². The number of piperidine rings is 1. The number of halogens is 1. The Morgan fingerprint density at radius 3 is 2.81 bits per heavy atom. The minimum atomic E-state index is 0.0219. The van der Waals surface area contributed by atoms with Crippen molar-refractivity contribution >= 4 is 29.6 Å². The van der Waals surface area contributed by atoms with Crippen LogP contribution in [0.25, 0.3) is 0 Å². The molecule has 5 nitrogen and oxygen atoms in total. The number of fused-ring (bicyclic) bond motifs is 5. The Bertz CT molecular complexity index is 949. The fraction of sp³-hybridized carbons (Fsp3) is 0.692. The van der Waals surface area contributed by atoms with Crippen molar-refractivity contribution < 1.29 is 9.59 Å². The maximum Gasteiger partial charge on any atom is 0.249 e. The minimum absolute atomic E-state index is 0.0219. The molecule has 1 saturated heterocycles. The van der Waals surface area contributed by atoms with Crippen molar-refractivity contribution in [3.63, 3.8) is 0 Å². The molecule has 1 aliphatic heterocycles. The minimum Gasteiger partial charge on any atom is -0.353 e. The third kappa shape index (κ3) is 3.61. The van der Waals surface area contributed by atoms with Gasteiger partial charge in [0.2, 0.25) is 11.8 Å². The maximum absolute atomic E-state index is 13.2. The maximum atomic E-state index is 13.2. The monoisotopic (exact) mass is 455 g/mol. The SMILES string of the molecule is C[C@]12CCC(=O)NC1CC[C@@H]1[C@H]2CC[C@]2(C)C(C(=O)N=CCc3cc(Cl)ccn3)CC[C@@H]12. The van der Waals surface area contributed by atoms with Gasteiger partial charge in [-0.05, 0) is 85.7 Å². The number of nitrogens with zero attached hydrogens (tertiary/aromatic N) is 2. The lowest BCUT2D eigenvalue weighted by molar-refractivity contribution is -0.140. The van der Waals surface area contributed by atoms with Gasteiger partial charge < -0.3 is 5.32 Å². The summed E-state index contributed by atoms with van der Waals surface area (Å²) in [4.78, 5) is 33.8. The van der Waals surface area contributed by atoms with Crippen LogP contribution in [0.2, 0.25) is 5.02 Å². The summed E-state index contributed by atoms with van der Waals surface area (Å²) in [7, 11) is 0. The van der Waals surface area contributed by atoms with E-state index in [1.807, 2.05) is 6.07 Å². The molecule has 1 N–H and O–H groups in total. The van der Waals surface area contributed by atoms with Crippen LogP contribution in [0.5, 0.6) is 0 Å². The van der Waals surface area contributed by atoms with Crippen LogP contribution < -0.4 is 5.32 Å². The smallest absolute Gasteiger partial charge is 0.249 e. The normalized spacial score (nSPS) is 41.0. The van der Waals surface area contributed by atoms with Crippen molar-refractivity contribution in [1.29, 1.82) is 0 Å². The zero-order chi connectivity index (χ0) is 22.5. The lowest BCUT2D eigenvalue weighted by Crippen LogP contribution is -2.61. The van der Waals surface area contributed by atoms with Crippen molar-refractivity contribution in [3.8, 4) is 0 Å². The Morgan fingerprint density at radius 1 is 1.19 bits per heavy atom. The fourth-order valence-electron chi connectivity index (χ4n) is 7.99. The number of carbonyl (C=O) groups excluding carboxylic acids is 2. The quantitative estimate of drug-likeness (QED) is 0.651. The molecule has 4 aliphatic rings. The molecule has 0 spiro atoms. The predicted octanol–water partition coefficient (Wildman–Crippen LogP) is 5.01. The van der Waals surface area contributed by atoms with Crippen LogP contribution >= 0.6 is 11.6 Å². The first-order chi connectivity index (χ1) is 15.3. The van der Waals surface area contributed by atoms with Gasteiger partial charge in [0.05, 0.1) is 0 Å². The Morgan fingerprint density at radius 2 is 2.00 bits per heavy atom. The van der Waals surface area contributed by atoms with Gasteiger partial charge in [-0.1, -0.05) is 25.4 Å². The molecule has 4 fully saturated rings. The molecule has 7 atom stereocenters. The molecule has 3 aliphatic carbocycles. The van der Waals surface area contributed by atoms with E-state index in [2.05, 4.69) is 29.1 Å². The van der Waals surface area contributed by atoms with Gasteiger partial charge in [0.15, 0.2) is 0 Å². The summed E-state index contributed by atoms with van der Waals surface area (Å²) in [5.41, 5.74) is 1.09. The summed E-state index contributed by atoms with van der Waals surface area (Å²) in [5, 5.41) is 3.95. The van der Waals surface area contributed by atoms with Gasteiger partial charge in [0, 0.05) is 47.9 Å². The van der Waals surface area contributed by atoms with Crippen molar-refractivity contribution in [2.45, 2.75) is 77.7 Å². The van der Waals surface area contributed by atoms with Crippen LogP contribution in [0.3, 0.4) is 0 Å². The average molecular weight is 456 g/mol. The van der Waals surface area contributed by atoms with Crippen LogP contribution in [0.15, 0.2) is 23.3 Å². The largest absolute Gasteiger partial charge is 0.353 e. The summed E-state index contributed by atoms with van der Waals surface area (Å²) in [6.07, 6.45) is 12.2. The molecule has 0 radical (unpaired) electrons. The lowest BCUT2D eigenvalue weighted by Gasteiger charge is -2.60. The molecule has 32 heavy (non-hydrogen) atoms. The molecule has 0 bridgehead atoms. The molecule has 1 aromatic rings. The first-order valence-corrected chi connectivity index (χ1v) is 12.7. The molecule has 6 heteroatoms. The third-order valence-electron chi connectivity index (χ3n) is 9.69. The molecule has 172 valence electrons. The van der Waals surface area contributed by atoms with E-state index in [1.54, 1.807) is 18.5 Å². The summed E-state index contributed by atoms with van der Waals surface area (Å²) in [6.45, 7) is 4.77. The average Bonchev–Trinajstić information content (AvgIpc) is 3.11. The zero-order valence-electron chi connectivity index (χ0n) is 19.1. The molecule has 2 amide bonds. The van der Waals surface area contributed by atoms with Crippen LogP contribution in [-0.2, 0) is 16.0 Å². The van der Waals surface area contributed by atoms with E-state index in [0.29, 0.717) is 41.7 Å². The van der Waals surface area contributed by atoms with E-state index in [0.717, 1.165) is 37.8 Å². The highest BCUT2D eigenvalue weighted by Gasteiger charge is 2.61. The predicted molar refractivity (Wildman–Crippen MR) is 125 cm³/mol. The Balaban J connectivity index is 1.29. The molecular formula is C26H34ClN3O2. The third-order valence-corrected chi connectivity index (χ3v) is 9.93. The van der Waals surface area contributed by atoms with Crippen molar-refractivity contribution in [2.75, 3.05) is 0 Å². The van der Waals surface area contributed by atoms with E-state index in [1.165, 1.54) is 12.8 Å². The summed E-state index contributed by atoms with van der Waals surface area (Å²) >= 11 is 6.03. The molecule has 2 heterocycles. The molecule has 2 unspecified atom stereocenters. The highest BCUT2D eigenvalue weighted by Crippen LogP contribution is 2.65. The highest BCUT2D eigenvalue weighted by atomic mass is 35.5. The molecule has 5 rings (SSSR count). The molecule has 3 saturated carbocycles. The molecule has 0 aromatic carbocycles. The van der Waals surface area contributed by atoms with E-state index < -0.39 is 0 Å².